The molecule has 0 spiro atoms. The van der Waals surface area contributed by atoms with Crippen molar-refractivity contribution in [3.8, 4) is 0 Å². The molecule has 0 amide bonds. The highest BCUT2D eigenvalue weighted by atomic mass is 35.5. The number of carbonyl (C=O) groups is 1. The maximum absolute atomic E-state index is 10.8. The number of rotatable bonds is 4. The zero-order chi connectivity index (χ0) is 11.4. The quantitative estimate of drug-likeness (QED) is 0.830. The minimum atomic E-state index is -0.968. The number of hydrogen-bond acceptors (Lipinski definition) is 2. The van der Waals surface area contributed by atoms with Gasteiger partial charge in [-0.05, 0) is 31.5 Å². The van der Waals surface area contributed by atoms with Crippen molar-refractivity contribution >= 4 is 23.3 Å². The number of aromatic carboxylic acids is 1. The zero-order valence-corrected chi connectivity index (χ0v) is 9.51. The van der Waals surface area contributed by atoms with E-state index >= 15 is 0 Å². The Labute approximate surface area is 94.1 Å². The predicted octanol–water partition coefficient (Wildman–Crippen LogP) is 3.25. The van der Waals surface area contributed by atoms with Crippen molar-refractivity contribution in [2.75, 3.05) is 5.32 Å². The highest BCUT2D eigenvalue weighted by Crippen LogP contribution is 2.20. The van der Waals surface area contributed by atoms with E-state index < -0.39 is 5.97 Å². The summed E-state index contributed by atoms with van der Waals surface area (Å²) in [5.74, 6) is -0.968. The Hall–Kier alpha value is -1.22. The molecule has 0 heterocycles. The van der Waals surface area contributed by atoms with Crippen LogP contribution in [0, 0.1) is 0 Å². The van der Waals surface area contributed by atoms with Gasteiger partial charge in [0.1, 0.15) is 0 Å². The smallest absolute Gasteiger partial charge is 0.335 e. The fourth-order valence-electron chi connectivity index (χ4n) is 1.18. The van der Waals surface area contributed by atoms with Crippen LogP contribution in [0.15, 0.2) is 18.2 Å². The number of carboxylic acid groups (broad SMARTS) is 1. The zero-order valence-electron chi connectivity index (χ0n) is 8.75. The van der Waals surface area contributed by atoms with E-state index in [1.807, 2.05) is 6.92 Å². The molecule has 0 aliphatic carbocycles. The minimum absolute atomic E-state index is 0.202. The first-order chi connectivity index (χ1) is 7.02. The second kappa shape index (κ2) is 5.03. The van der Waals surface area contributed by atoms with Crippen LogP contribution < -0.4 is 5.32 Å². The van der Waals surface area contributed by atoms with E-state index in [1.165, 1.54) is 6.07 Å². The molecule has 0 aliphatic rings. The van der Waals surface area contributed by atoms with Gasteiger partial charge in [-0.15, -0.1) is 0 Å². The lowest BCUT2D eigenvalue weighted by Gasteiger charge is -2.13. The highest BCUT2D eigenvalue weighted by Gasteiger charge is 2.07. The Morgan fingerprint density at radius 3 is 2.73 bits per heavy atom. The molecule has 1 rings (SSSR count). The van der Waals surface area contributed by atoms with Gasteiger partial charge < -0.3 is 10.4 Å². The van der Waals surface area contributed by atoms with E-state index in [1.54, 1.807) is 12.1 Å². The molecule has 0 bridgehead atoms. The van der Waals surface area contributed by atoms with E-state index in [0.29, 0.717) is 11.1 Å². The molecule has 0 aromatic heterocycles. The molecule has 0 aliphatic heterocycles. The molecule has 0 saturated carbocycles. The third-order valence-corrected chi connectivity index (χ3v) is 2.39. The second-order valence-electron chi connectivity index (χ2n) is 3.49. The summed E-state index contributed by atoms with van der Waals surface area (Å²) in [6.45, 7) is 4.08. The van der Waals surface area contributed by atoms with Gasteiger partial charge in [0.05, 0.1) is 5.56 Å². The van der Waals surface area contributed by atoms with E-state index in [-0.39, 0.29) is 5.56 Å². The topological polar surface area (TPSA) is 49.3 Å². The average molecular weight is 228 g/mol. The molecular formula is C11H14ClNO2. The molecule has 82 valence electrons. The van der Waals surface area contributed by atoms with E-state index in [4.69, 9.17) is 16.7 Å². The molecule has 1 aromatic rings. The van der Waals surface area contributed by atoms with Crippen molar-refractivity contribution in [1.29, 1.82) is 0 Å². The molecule has 0 fully saturated rings. The normalized spacial score (nSPS) is 12.2. The number of benzene rings is 1. The van der Waals surface area contributed by atoms with Gasteiger partial charge in [-0.25, -0.2) is 4.79 Å². The van der Waals surface area contributed by atoms with Crippen LogP contribution in [-0.2, 0) is 0 Å². The van der Waals surface area contributed by atoms with Crippen LogP contribution in [0.25, 0.3) is 0 Å². The number of carboxylic acids is 1. The van der Waals surface area contributed by atoms with Crippen LogP contribution in [-0.4, -0.2) is 17.1 Å². The van der Waals surface area contributed by atoms with Gasteiger partial charge >= 0.3 is 5.97 Å². The summed E-state index contributed by atoms with van der Waals surface area (Å²) in [5.41, 5.74) is 0.947. The van der Waals surface area contributed by atoms with Crippen molar-refractivity contribution in [2.24, 2.45) is 0 Å². The molecule has 4 heteroatoms. The Morgan fingerprint density at radius 2 is 2.20 bits per heavy atom. The molecule has 15 heavy (non-hydrogen) atoms. The summed E-state index contributed by atoms with van der Waals surface area (Å²) in [7, 11) is 0. The summed E-state index contributed by atoms with van der Waals surface area (Å²) in [6, 6.07) is 5.04. The first-order valence-corrected chi connectivity index (χ1v) is 5.21. The van der Waals surface area contributed by atoms with Gasteiger partial charge in [-0.1, -0.05) is 18.5 Å². The summed E-state index contributed by atoms with van der Waals surface area (Å²) < 4.78 is 0. The standard InChI is InChI=1S/C11H14ClNO2/c1-3-7(2)13-10-5-8(11(14)15)4-9(12)6-10/h4-7,13H,3H2,1-2H3,(H,14,15). The largest absolute Gasteiger partial charge is 0.478 e. The number of anilines is 1. The maximum Gasteiger partial charge on any atom is 0.335 e. The molecule has 0 saturated heterocycles. The van der Waals surface area contributed by atoms with Crippen LogP contribution >= 0.6 is 11.6 Å². The third-order valence-electron chi connectivity index (χ3n) is 2.17. The van der Waals surface area contributed by atoms with Crippen molar-refractivity contribution in [3.05, 3.63) is 28.8 Å². The Balaban J connectivity index is 2.93. The summed E-state index contributed by atoms with van der Waals surface area (Å²) in [4.78, 5) is 10.8. The van der Waals surface area contributed by atoms with Crippen LogP contribution in [0.5, 0.6) is 0 Å². The summed E-state index contributed by atoms with van der Waals surface area (Å²) >= 11 is 5.82. The molecule has 3 nitrogen and oxygen atoms in total. The lowest BCUT2D eigenvalue weighted by molar-refractivity contribution is 0.0697. The van der Waals surface area contributed by atoms with Gasteiger partial charge in [-0.3, -0.25) is 0 Å². The van der Waals surface area contributed by atoms with Crippen molar-refractivity contribution < 1.29 is 9.90 Å². The average Bonchev–Trinajstić information content (AvgIpc) is 2.16. The van der Waals surface area contributed by atoms with E-state index in [9.17, 15) is 4.79 Å². The molecule has 0 radical (unpaired) electrons. The second-order valence-corrected chi connectivity index (χ2v) is 3.92. The molecule has 1 atom stereocenters. The Bertz CT molecular complexity index is 366. The fraction of sp³-hybridized carbons (Fsp3) is 0.364. The molecule has 1 unspecified atom stereocenters. The van der Waals surface area contributed by atoms with Gasteiger partial charge in [0.25, 0.3) is 0 Å². The highest BCUT2D eigenvalue weighted by molar-refractivity contribution is 6.31. The lowest BCUT2D eigenvalue weighted by atomic mass is 10.2. The summed E-state index contributed by atoms with van der Waals surface area (Å²) in [6.07, 6.45) is 0.967. The van der Waals surface area contributed by atoms with E-state index in [2.05, 4.69) is 12.2 Å². The first kappa shape index (κ1) is 11.9. The number of nitrogens with one attached hydrogen (secondary N) is 1. The Morgan fingerprint density at radius 1 is 1.53 bits per heavy atom. The lowest BCUT2D eigenvalue weighted by Crippen LogP contribution is -2.13. The van der Waals surface area contributed by atoms with Crippen molar-refractivity contribution in [1.82, 2.24) is 0 Å². The molecular weight excluding hydrogens is 214 g/mol. The van der Waals surface area contributed by atoms with Crippen molar-refractivity contribution in [2.45, 2.75) is 26.3 Å². The third kappa shape index (κ3) is 3.44. The fourth-order valence-corrected chi connectivity index (χ4v) is 1.42. The van der Waals surface area contributed by atoms with Crippen LogP contribution in [0.2, 0.25) is 5.02 Å². The van der Waals surface area contributed by atoms with Gasteiger partial charge in [-0.2, -0.15) is 0 Å². The van der Waals surface area contributed by atoms with Crippen LogP contribution in [0.1, 0.15) is 30.6 Å². The first-order valence-electron chi connectivity index (χ1n) is 4.83. The predicted molar refractivity (Wildman–Crippen MR) is 61.8 cm³/mol. The minimum Gasteiger partial charge on any atom is -0.478 e. The van der Waals surface area contributed by atoms with Crippen molar-refractivity contribution in [3.63, 3.8) is 0 Å². The SMILES string of the molecule is CCC(C)Nc1cc(Cl)cc(C(=O)O)c1. The number of hydrogen-bond donors (Lipinski definition) is 2. The van der Waals surface area contributed by atoms with Gasteiger partial charge in [0.2, 0.25) is 0 Å². The summed E-state index contributed by atoms with van der Waals surface area (Å²) in [5, 5.41) is 12.4. The van der Waals surface area contributed by atoms with Gasteiger partial charge in [0, 0.05) is 16.8 Å². The van der Waals surface area contributed by atoms with Crippen LogP contribution in [0.3, 0.4) is 0 Å². The maximum atomic E-state index is 10.8. The van der Waals surface area contributed by atoms with E-state index in [0.717, 1.165) is 12.1 Å². The number of halogens is 1. The van der Waals surface area contributed by atoms with Crippen LogP contribution in [0.4, 0.5) is 5.69 Å². The molecule has 2 N–H and O–H groups in total. The molecule has 1 aromatic carbocycles. The van der Waals surface area contributed by atoms with Gasteiger partial charge in [0.15, 0.2) is 0 Å². The monoisotopic (exact) mass is 227 g/mol. The Kier molecular flexibility index (Phi) is 3.97.